The summed E-state index contributed by atoms with van der Waals surface area (Å²) in [6.07, 6.45) is 1.96. The Kier molecular flexibility index (Phi) is 4.04. The quantitative estimate of drug-likeness (QED) is 0.755. The Morgan fingerprint density at radius 2 is 2.11 bits per heavy atom. The third-order valence-corrected chi connectivity index (χ3v) is 3.53. The molecule has 0 spiro atoms. The summed E-state index contributed by atoms with van der Waals surface area (Å²) in [6.45, 7) is 2.70. The van der Waals surface area contributed by atoms with Gasteiger partial charge in [-0.15, -0.1) is 0 Å². The first-order chi connectivity index (χ1) is 8.63. The Hall–Kier alpha value is -1.33. The number of rotatable bonds is 3. The highest BCUT2D eigenvalue weighted by molar-refractivity contribution is 6.60. The number of Topliss-reactive ketones (excluding diaryl/α,β-unsaturated/α-hetero) is 1. The number of carbonyl (C=O) groups is 1. The minimum Gasteiger partial charge on any atom is -0.423 e. The first-order valence-electron chi connectivity index (χ1n) is 6.37. The molecule has 4 nitrogen and oxygen atoms in total. The highest BCUT2D eigenvalue weighted by Gasteiger charge is 2.29. The van der Waals surface area contributed by atoms with E-state index in [-0.39, 0.29) is 6.04 Å². The van der Waals surface area contributed by atoms with Gasteiger partial charge in [-0.3, -0.25) is 4.79 Å². The van der Waals surface area contributed by atoms with Crippen molar-refractivity contribution in [2.24, 2.45) is 0 Å². The van der Waals surface area contributed by atoms with Crippen molar-refractivity contribution in [2.75, 3.05) is 11.4 Å². The molecular formula is C13H18BNO3. The Balaban J connectivity index is 2.32. The lowest BCUT2D eigenvalue weighted by Gasteiger charge is -2.37. The summed E-state index contributed by atoms with van der Waals surface area (Å²) in [5.41, 5.74) is 1.33. The van der Waals surface area contributed by atoms with Crippen LogP contribution in [0.2, 0.25) is 0 Å². The van der Waals surface area contributed by atoms with E-state index >= 15 is 0 Å². The molecule has 1 fully saturated rings. The van der Waals surface area contributed by atoms with Gasteiger partial charge in [-0.2, -0.15) is 0 Å². The van der Waals surface area contributed by atoms with Crippen LogP contribution in [0.1, 0.15) is 26.2 Å². The molecule has 0 aliphatic carbocycles. The van der Waals surface area contributed by atoms with E-state index in [2.05, 4.69) is 4.90 Å². The smallest absolute Gasteiger partial charge is 0.423 e. The van der Waals surface area contributed by atoms with Crippen LogP contribution in [0, 0.1) is 0 Å². The van der Waals surface area contributed by atoms with Crippen LogP contribution in [0.3, 0.4) is 0 Å². The van der Waals surface area contributed by atoms with Gasteiger partial charge in [-0.1, -0.05) is 25.1 Å². The monoisotopic (exact) mass is 247 g/mol. The van der Waals surface area contributed by atoms with Crippen LogP contribution in [0.5, 0.6) is 0 Å². The van der Waals surface area contributed by atoms with Crippen molar-refractivity contribution in [3.8, 4) is 0 Å². The molecule has 1 heterocycles. The van der Waals surface area contributed by atoms with Gasteiger partial charge in [-0.25, -0.2) is 0 Å². The fourth-order valence-electron chi connectivity index (χ4n) is 2.55. The summed E-state index contributed by atoms with van der Waals surface area (Å²) in [5, 5.41) is 18.8. The van der Waals surface area contributed by atoms with Crippen LogP contribution >= 0.6 is 0 Å². The van der Waals surface area contributed by atoms with E-state index in [0.29, 0.717) is 30.6 Å². The minimum absolute atomic E-state index is 0.158. The zero-order valence-electron chi connectivity index (χ0n) is 10.5. The van der Waals surface area contributed by atoms with Crippen LogP contribution in [0.4, 0.5) is 5.69 Å². The lowest BCUT2D eigenvalue weighted by Crippen LogP contribution is -2.46. The molecule has 18 heavy (non-hydrogen) atoms. The molecule has 1 aromatic carbocycles. The zero-order chi connectivity index (χ0) is 13.1. The van der Waals surface area contributed by atoms with Crippen molar-refractivity contribution >= 4 is 24.1 Å². The largest absolute Gasteiger partial charge is 0.490 e. The van der Waals surface area contributed by atoms with Gasteiger partial charge in [0, 0.05) is 36.6 Å². The first-order valence-corrected chi connectivity index (χ1v) is 6.37. The Morgan fingerprint density at radius 3 is 2.78 bits per heavy atom. The van der Waals surface area contributed by atoms with Gasteiger partial charge < -0.3 is 14.9 Å². The van der Waals surface area contributed by atoms with Crippen LogP contribution in [-0.4, -0.2) is 35.5 Å². The first kappa shape index (κ1) is 13.1. The van der Waals surface area contributed by atoms with Gasteiger partial charge in [0.2, 0.25) is 0 Å². The molecule has 2 rings (SSSR count). The minimum atomic E-state index is -1.48. The SMILES string of the molecule is CCC1CC(=O)CCN1c1ccccc1B(O)O. The molecule has 2 N–H and O–H groups in total. The summed E-state index contributed by atoms with van der Waals surface area (Å²) in [6, 6.07) is 7.42. The number of piperidine rings is 1. The lowest BCUT2D eigenvalue weighted by molar-refractivity contribution is -0.120. The predicted octanol–water partition coefficient (Wildman–Crippen LogP) is 0.314. The maximum atomic E-state index is 11.5. The molecule has 96 valence electrons. The van der Waals surface area contributed by atoms with Crippen LogP contribution in [0.15, 0.2) is 24.3 Å². The summed E-state index contributed by atoms with van der Waals surface area (Å²) >= 11 is 0. The molecule has 5 heteroatoms. The van der Waals surface area contributed by atoms with E-state index in [0.717, 1.165) is 12.1 Å². The van der Waals surface area contributed by atoms with E-state index in [1.807, 2.05) is 19.1 Å². The molecule has 1 aliphatic heterocycles. The summed E-state index contributed by atoms with van der Waals surface area (Å²) in [4.78, 5) is 13.6. The fourth-order valence-corrected chi connectivity index (χ4v) is 2.55. The van der Waals surface area contributed by atoms with Crippen molar-refractivity contribution in [1.29, 1.82) is 0 Å². The highest BCUT2D eigenvalue weighted by atomic mass is 16.4. The van der Waals surface area contributed by atoms with Crippen molar-refractivity contribution in [1.82, 2.24) is 0 Å². The molecular weight excluding hydrogens is 229 g/mol. The maximum Gasteiger partial charge on any atom is 0.490 e. The average Bonchev–Trinajstić information content (AvgIpc) is 2.38. The van der Waals surface area contributed by atoms with Gasteiger partial charge >= 0.3 is 7.12 Å². The van der Waals surface area contributed by atoms with E-state index < -0.39 is 7.12 Å². The Bertz CT molecular complexity index is 436. The van der Waals surface area contributed by atoms with E-state index in [1.54, 1.807) is 12.1 Å². The maximum absolute atomic E-state index is 11.5. The summed E-state index contributed by atoms with van der Waals surface area (Å²) in [5.74, 6) is 0.292. The van der Waals surface area contributed by atoms with E-state index in [1.165, 1.54) is 0 Å². The Labute approximate surface area is 107 Å². The van der Waals surface area contributed by atoms with Crippen molar-refractivity contribution in [3.05, 3.63) is 24.3 Å². The van der Waals surface area contributed by atoms with Gasteiger partial charge in [-0.05, 0) is 12.5 Å². The summed E-state index contributed by atoms with van der Waals surface area (Å²) in [7, 11) is -1.48. The number of para-hydroxylation sites is 1. The molecule has 0 aromatic heterocycles. The molecule has 0 bridgehead atoms. The zero-order valence-corrected chi connectivity index (χ0v) is 10.5. The molecule has 1 aromatic rings. The highest BCUT2D eigenvalue weighted by Crippen LogP contribution is 2.23. The van der Waals surface area contributed by atoms with Gasteiger partial charge in [0.05, 0.1) is 0 Å². The topological polar surface area (TPSA) is 60.8 Å². The molecule has 0 saturated carbocycles. The lowest BCUT2D eigenvalue weighted by atomic mass is 9.78. The number of anilines is 1. The second-order valence-electron chi connectivity index (χ2n) is 4.68. The van der Waals surface area contributed by atoms with E-state index in [9.17, 15) is 14.8 Å². The molecule has 1 aliphatic rings. The molecule has 1 atom stereocenters. The summed E-state index contributed by atoms with van der Waals surface area (Å²) < 4.78 is 0. The molecule has 1 saturated heterocycles. The molecule has 0 radical (unpaired) electrons. The third-order valence-electron chi connectivity index (χ3n) is 3.53. The number of hydrogen-bond acceptors (Lipinski definition) is 4. The Morgan fingerprint density at radius 1 is 1.39 bits per heavy atom. The number of hydrogen-bond donors (Lipinski definition) is 2. The van der Waals surface area contributed by atoms with Gasteiger partial charge in [0.15, 0.2) is 0 Å². The number of benzene rings is 1. The van der Waals surface area contributed by atoms with E-state index in [4.69, 9.17) is 0 Å². The predicted molar refractivity (Wildman–Crippen MR) is 71.9 cm³/mol. The fraction of sp³-hybridized carbons (Fsp3) is 0.462. The van der Waals surface area contributed by atoms with Crippen LogP contribution in [0.25, 0.3) is 0 Å². The van der Waals surface area contributed by atoms with Crippen molar-refractivity contribution in [3.63, 3.8) is 0 Å². The normalized spacial score (nSPS) is 20.1. The number of carbonyl (C=O) groups excluding carboxylic acids is 1. The van der Waals surface area contributed by atoms with Gasteiger partial charge in [0.1, 0.15) is 5.78 Å². The third kappa shape index (κ3) is 2.57. The number of nitrogens with zero attached hydrogens (tertiary/aromatic N) is 1. The second kappa shape index (κ2) is 5.54. The number of ketones is 1. The van der Waals surface area contributed by atoms with Crippen LogP contribution in [-0.2, 0) is 4.79 Å². The van der Waals surface area contributed by atoms with Crippen molar-refractivity contribution < 1.29 is 14.8 Å². The molecule has 0 amide bonds. The standard InChI is InChI=1S/C13H18BNO3/c1-2-10-9-11(16)7-8-15(10)13-6-4-3-5-12(13)14(17)18/h3-6,10,17-18H,2,7-9H2,1H3. The second-order valence-corrected chi connectivity index (χ2v) is 4.68. The van der Waals surface area contributed by atoms with Gasteiger partial charge in [0.25, 0.3) is 0 Å². The average molecular weight is 247 g/mol. The molecule has 1 unspecified atom stereocenters. The van der Waals surface area contributed by atoms with Crippen molar-refractivity contribution in [2.45, 2.75) is 32.2 Å². The van der Waals surface area contributed by atoms with Crippen LogP contribution < -0.4 is 10.4 Å².